The summed E-state index contributed by atoms with van der Waals surface area (Å²) in [5.41, 5.74) is 0.678. The summed E-state index contributed by atoms with van der Waals surface area (Å²) in [7, 11) is 1.45. The van der Waals surface area contributed by atoms with Crippen molar-refractivity contribution < 1.29 is 13.9 Å². The molecule has 0 spiro atoms. The van der Waals surface area contributed by atoms with E-state index in [9.17, 15) is 9.18 Å². The lowest BCUT2D eigenvalue weighted by Crippen LogP contribution is -2.13. The van der Waals surface area contributed by atoms with Gasteiger partial charge in [0.1, 0.15) is 11.6 Å². The van der Waals surface area contributed by atoms with Crippen molar-refractivity contribution >= 4 is 27.5 Å². The largest absolute Gasteiger partial charge is 0.494 e. The van der Waals surface area contributed by atoms with Crippen molar-refractivity contribution in [2.75, 3.05) is 12.4 Å². The monoisotopic (exact) mass is 324 g/mol. The molecule has 4 nitrogen and oxygen atoms in total. The van der Waals surface area contributed by atoms with Crippen LogP contribution in [-0.2, 0) is 0 Å². The van der Waals surface area contributed by atoms with Gasteiger partial charge in [0.25, 0.3) is 5.91 Å². The molecule has 2 aromatic rings. The van der Waals surface area contributed by atoms with E-state index < -0.39 is 11.7 Å². The normalized spacial score (nSPS) is 10.1. The summed E-state index contributed by atoms with van der Waals surface area (Å²) in [5, 5.41) is 2.61. The van der Waals surface area contributed by atoms with Gasteiger partial charge < -0.3 is 10.1 Å². The topological polar surface area (TPSA) is 51.2 Å². The fourth-order valence-electron chi connectivity index (χ4n) is 1.51. The minimum absolute atomic E-state index is 0.327. The van der Waals surface area contributed by atoms with Gasteiger partial charge in [-0.25, -0.2) is 4.39 Å². The van der Waals surface area contributed by atoms with Gasteiger partial charge in [-0.05, 0) is 40.2 Å². The molecule has 0 saturated carbocycles. The Morgan fingerprint density at radius 2 is 2.21 bits per heavy atom. The molecule has 0 atom stereocenters. The molecule has 6 heteroatoms. The second kappa shape index (κ2) is 5.79. The van der Waals surface area contributed by atoms with Gasteiger partial charge in [0.15, 0.2) is 0 Å². The number of anilines is 1. The number of hydrogen-bond donors (Lipinski definition) is 1. The summed E-state index contributed by atoms with van der Waals surface area (Å²) in [4.78, 5) is 16.0. The number of nitrogens with zero attached hydrogens (tertiary/aromatic N) is 1. The van der Waals surface area contributed by atoms with Crippen LogP contribution in [0.3, 0.4) is 0 Å². The van der Waals surface area contributed by atoms with Crippen LogP contribution in [0.2, 0.25) is 0 Å². The van der Waals surface area contributed by atoms with E-state index in [1.807, 2.05) is 0 Å². The Morgan fingerprint density at radius 1 is 1.42 bits per heavy atom. The number of benzene rings is 1. The number of methoxy groups -OCH3 is 1. The summed E-state index contributed by atoms with van der Waals surface area (Å²) >= 11 is 3.24. The number of aromatic nitrogens is 1. The summed E-state index contributed by atoms with van der Waals surface area (Å²) in [6.07, 6.45) is 2.92. The molecule has 0 aliphatic carbocycles. The molecule has 2 rings (SSSR count). The molecule has 1 aromatic heterocycles. The smallest absolute Gasteiger partial charge is 0.259 e. The lowest BCUT2D eigenvalue weighted by molar-refractivity contribution is 0.102. The van der Waals surface area contributed by atoms with Gasteiger partial charge in [-0.2, -0.15) is 0 Å². The van der Waals surface area contributed by atoms with E-state index >= 15 is 0 Å². The van der Waals surface area contributed by atoms with Crippen molar-refractivity contribution in [3.63, 3.8) is 0 Å². The number of rotatable bonds is 3. The van der Waals surface area contributed by atoms with Gasteiger partial charge in [0, 0.05) is 10.7 Å². The molecule has 1 heterocycles. The van der Waals surface area contributed by atoms with Crippen LogP contribution in [0.1, 0.15) is 10.4 Å². The Labute approximate surface area is 117 Å². The lowest BCUT2D eigenvalue weighted by atomic mass is 10.2. The van der Waals surface area contributed by atoms with Crippen molar-refractivity contribution in [2.45, 2.75) is 0 Å². The zero-order chi connectivity index (χ0) is 13.8. The van der Waals surface area contributed by atoms with Crippen LogP contribution in [0.25, 0.3) is 0 Å². The van der Waals surface area contributed by atoms with E-state index in [0.717, 1.165) is 0 Å². The van der Waals surface area contributed by atoms with E-state index in [1.165, 1.54) is 43.8 Å². The van der Waals surface area contributed by atoms with Crippen LogP contribution >= 0.6 is 15.9 Å². The summed E-state index contributed by atoms with van der Waals surface area (Å²) in [5.74, 6) is -0.474. The third-order valence-electron chi connectivity index (χ3n) is 2.43. The Bertz CT molecular complexity index is 619. The lowest BCUT2D eigenvalue weighted by Gasteiger charge is -2.10. The molecule has 0 fully saturated rings. The minimum Gasteiger partial charge on any atom is -0.494 e. The molecule has 1 aromatic carbocycles. The van der Waals surface area contributed by atoms with Gasteiger partial charge >= 0.3 is 0 Å². The zero-order valence-corrected chi connectivity index (χ0v) is 11.6. The predicted octanol–water partition coefficient (Wildman–Crippen LogP) is 3.24. The van der Waals surface area contributed by atoms with Gasteiger partial charge in [-0.3, -0.25) is 9.78 Å². The Balaban J connectivity index is 2.28. The maximum absolute atomic E-state index is 13.1. The van der Waals surface area contributed by atoms with E-state index in [1.54, 1.807) is 0 Å². The number of pyridine rings is 1. The number of amides is 1. The number of carbonyl (C=O) groups excluding carboxylic acids is 1. The summed E-state index contributed by atoms with van der Waals surface area (Å²) in [6, 6.07) is 5.58. The second-order valence-corrected chi connectivity index (χ2v) is 4.51. The Hall–Kier alpha value is -1.95. The van der Waals surface area contributed by atoms with E-state index in [2.05, 4.69) is 26.2 Å². The fraction of sp³-hybridized carbons (Fsp3) is 0.0769. The van der Waals surface area contributed by atoms with Crippen LogP contribution in [0.5, 0.6) is 5.75 Å². The van der Waals surface area contributed by atoms with Gasteiger partial charge in [-0.15, -0.1) is 0 Å². The molecule has 0 aliphatic rings. The van der Waals surface area contributed by atoms with Gasteiger partial charge in [0.05, 0.1) is 24.6 Å². The minimum atomic E-state index is -0.430. The van der Waals surface area contributed by atoms with E-state index in [4.69, 9.17) is 4.74 Å². The summed E-state index contributed by atoms with van der Waals surface area (Å²) < 4.78 is 18.8. The highest BCUT2D eigenvalue weighted by atomic mass is 79.9. The Kier molecular flexibility index (Phi) is 4.11. The van der Waals surface area contributed by atoms with Crippen molar-refractivity contribution in [1.29, 1.82) is 0 Å². The molecule has 0 bridgehead atoms. The first-order valence-electron chi connectivity index (χ1n) is 5.36. The highest BCUT2D eigenvalue weighted by Gasteiger charge is 2.13. The van der Waals surface area contributed by atoms with Crippen LogP contribution in [-0.4, -0.2) is 18.0 Å². The first-order chi connectivity index (χ1) is 9.11. The summed E-state index contributed by atoms with van der Waals surface area (Å²) in [6.45, 7) is 0. The number of ether oxygens (including phenoxy) is 1. The van der Waals surface area contributed by atoms with Gasteiger partial charge in [0.2, 0.25) is 0 Å². The maximum Gasteiger partial charge on any atom is 0.259 e. The number of carbonyl (C=O) groups is 1. The molecule has 0 unspecified atom stereocenters. The van der Waals surface area contributed by atoms with Crippen LogP contribution in [0, 0.1) is 5.82 Å². The van der Waals surface area contributed by atoms with Crippen molar-refractivity contribution in [3.05, 3.63) is 52.5 Å². The Morgan fingerprint density at radius 3 is 2.95 bits per heavy atom. The average molecular weight is 325 g/mol. The molecule has 0 saturated heterocycles. The molecule has 1 amide bonds. The fourth-order valence-corrected chi connectivity index (χ4v) is 1.86. The number of nitrogens with one attached hydrogen (secondary N) is 1. The van der Waals surface area contributed by atoms with Gasteiger partial charge in [-0.1, -0.05) is 0 Å². The molecule has 0 aliphatic heterocycles. The highest BCUT2D eigenvalue weighted by Crippen LogP contribution is 2.25. The molecule has 1 N–H and O–H groups in total. The first kappa shape index (κ1) is 13.5. The molecular weight excluding hydrogens is 315 g/mol. The molecular formula is C13H10BrFN2O2. The SMILES string of the molecule is COc1cnccc1C(=O)Nc1cc(F)ccc1Br. The standard InChI is InChI=1S/C13H10BrFN2O2/c1-19-12-7-16-5-4-9(12)13(18)17-11-6-8(15)2-3-10(11)14/h2-7H,1H3,(H,17,18). The third kappa shape index (κ3) is 3.08. The maximum atomic E-state index is 13.1. The average Bonchev–Trinajstić information content (AvgIpc) is 2.42. The molecule has 0 radical (unpaired) electrons. The highest BCUT2D eigenvalue weighted by molar-refractivity contribution is 9.10. The van der Waals surface area contributed by atoms with Crippen LogP contribution in [0.4, 0.5) is 10.1 Å². The number of halogens is 2. The zero-order valence-electron chi connectivity index (χ0n) is 9.98. The first-order valence-corrected chi connectivity index (χ1v) is 6.15. The third-order valence-corrected chi connectivity index (χ3v) is 3.12. The van der Waals surface area contributed by atoms with Crippen LogP contribution < -0.4 is 10.1 Å². The molecule has 19 heavy (non-hydrogen) atoms. The predicted molar refractivity (Wildman–Crippen MR) is 72.8 cm³/mol. The quantitative estimate of drug-likeness (QED) is 0.942. The van der Waals surface area contributed by atoms with E-state index in [0.29, 0.717) is 21.5 Å². The second-order valence-electron chi connectivity index (χ2n) is 3.65. The van der Waals surface area contributed by atoms with Crippen LogP contribution in [0.15, 0.2) is 41.1 Å². The van der Waals surface area contributed by atoms with Crippen molar-refractivity contribution in [1.82, 2.24) is 4.98 Å². The van der Waals surface area contributed by atoms with Crippen molar-refractivity contribution in [2.24, 2.45) is 0 Å². The van der Waals surface area contributed by atoms with E-state index in [-0.39, 0.29) is 0 Å². The molecule has 98 valence electrons. The number of hydrogen-bond acceptors (Lipinski definition) is 3. The van der Waals surface area contributed by atoms with Crippen molar-refractivity contribution in [3.8, 4) is 5.75 Å².